The lowest BCUT2D eigenvalue weighted by molar-refractivity contribution is 0.226. The van der Waals surface area contributed by atoms with Gasteiger partial charge in [-0.25, -0.2) is 0 Å². The van der Waals surface area contributed by atoms with E-state index in [1.807, 2.05) is 12.4 Å². The van der Waals surface area contributed by atoms with Crippen LogP contribution in [0.1, 0.15) is 57.4 Å². The molecule has 0 saturated heterocycles. The topological polar surface area (TPSA) is 24.9 Å². The Kier molecular flexibility index (Phi) is 4.40. The van der Waals surface area contributed by atoms with Gasteiger partial charge < -0.3 is 5.32 Å². The third kappa shape index (κ3) is 2.76. The van der Waals surface area contributed by atoms with Gasteiger partial charge in [-0.15, -0.1) is 0 Å². The first-order valence-corrected chi connectivity index (χ1v) is 8.43. The first-order chi connectivity index (χ1) is 9.79. The van der Waals surface area contributed by atoms with Crippen LogP contribution in [0.2, 0.25) is 0 Å². The van der Waals surface area contributed by atoms with E-state index in [0.717, 1.165) is 24.3 Å². The molecule has 0 aliphatic heterocycles. The van der Waals surface area contributed by atoms with E-state index in [-0.39, 0.29) is 0 Å². The molecule has 0 spiro atoms. The van der Waals surface area contributed by atoms with Gasteiger partial charge in [0.15, 0.2) is 0 Å². The number of nitrogens with zero attached hydrogens (tertiary/aromatic N) is 1. The first kappa shape index (κ1) is 14.1. The molecule has 2 fully saturated rings. The summed E-state index contributed by atoms with van der Waals surface area (Å²) in [5.41, 5.74) is 1.44. The van der Waals surface area contributed by atoms with Crippen LogP contribution in [0, 0.1) is 17.8 Å². The van der Waals surface area contributed by atoms with Gasteiger partial charge in [0.05, 0.1) is 0 Å². The van der Waals surface area contributed by atoms with Crippen molar-refractivity contribution < 1.29 is 0 Å². The fraction of sp³-hybridized carbons (Fsp3) is 0.722. The van der Waals surface area contributed by atoms with Crippen molar-refractivity contribution in [2.45, 2.75) is 57.9 Å². The molecule has 2 aliphatic rings. The highest BCUT2D eigenvalue weighted by molar-refractivity contribution is 5.18. The zero-order valence-corrected chi connectivity index (χ0v) is 12.9. The molecule has 1 aromatic heterocycles. The summed E-state index contributed by atoms with van der Waals surface area (Å²) >= 11 is 0. The number of pyridine rings is 1. The highest BCUT2D eigenvalue weighted by Gasteiger charge is 2.44. The third-order valence-electron chi connectivity index (χ3n) is 5.65. The van der Waals surface area contributed by atoms with Crippen molar-refractivity contribution in [2.75, 3.05) is 6.54 Å². The Morgan fingerprint density at radius 1 is 1.25 bits per heavy atom. The molecule has 1 heterocycles. The SMILES string of the molecule is CCCNC(C(C)c1ccncc1)C1CC2CCC1C2. The van der Waals surface area contributed by atoms with Gasteiger partial charge in [-0.05, 0) is 73.6 Å². The maximum Gasteiger partial charge on any atom is 0.0270 e. The summed E-state index contributed by atoms with van der Waals surface area (Å²) in [5.74, 6) is 3.50. The molecular weight excluding hydrogens is 244 g/mol. The van der Waals surface area contributed by atoms with Crippen molar-refractivity contribution in [3.05, 3.63) is 30.1 Å². The summed E-state index contributed by atoms with van der Waals surface area (Å²) in [6, 6.07) is 5.03. The molecule has 5 unspecified atom stereocenters. The molecule has 0 amide bonds. The van der Waals surface area contributed by atoms with Crippen molar-refractivity contribution in [2.24, 2.45) is 17.8 Å². The van der Waals surface area contributed by atoms with Gasteiger partial charge in [0.1, 0.15) is 0 Å². The predicted octanol–water partition coefficient (Wildman–Crippen LogP) is 3.99. The highest BCUT2D eigenvalue weighted by atomic mass is 14.9. The maximum atomic E-state index is 4.16. The fourth-order valence-electron chi connectivity index (χ4n) is 4.62. The molecule has 0 radical (unpaired) electrons. The Morgan fingerprint density at radius 2 is 2.05 bits per heavy atom. The molecule has 2 saturated carbocycles. The van der Waals surface area contributed by atoms with Crippen molar-refractivity contribution in [1.82, 2.24) is 10.3 Å². The lowest BCUT2D eigenvalue weighted by atomic mass is 9.76. The van der Waals surface area contributed by atoms with Gasteiger partial charge in [0, 0.05) is 18.4 Å². The smallest absolute Gasteiger partial charge is 0.0270 e. The fourth-order valence-corrected chi connectivity index (χ4v) is 4.62. The molecule has 0 aromatic carbocycles. The van der Waals surface area contributed by atoms with Crippen LogP contribution >= 0.6 is 0 Å². The van der Waals surface area contributed by atoms with Crippen LogP contribution in [-0.2, 0) is 0 Å². The molecule has 1 aromatic rings. The number of fused-ring (bicyclic) bond motifs is 2. The molecule has 20 heavy (non-hydrogen) atoms. The number of hydrogen-bond donors (Lipinski definition) is 1. The average Bonchev–Trinajstić information content (AvgIpc) is 3.11. The standard InChI is InChI=1S/C18H28N2/c1-3-8-20-18(13(2)15-6-9-19-10-7-15)17-12-14-4-5-16(17)11-14/h6-7,9-10,13-14,16-18,20H,3-5,8,11-12H2,1-2H3. The normalized spacial score (nSPS) is 31.4. The quantitative estimate of drug-likeness (QED) is 0.847. The third-order valence-corrected chi connectivity index (χ3v) is 5.65. The number of rotatable bonds is 6. The molecular formula is C18H28N2. The monoisotopic (exact) mass is 272 g/mol. The van der Waals surface area contributed by atoms with E-state index in [9.17, 15) is 0 Å². The number of aromatic nitrogens is 1. The van der Waals surface area contributed by atoms with E-state index >= 15 is 0 Å². The Hall–Kier alpha value is -0.890. The highest BCUT2D eigenvalue weighted by Crippen LogP contribution is 2.51. The summed E-state index contributed by atoms with van der Waals surface area (Å²) in [7, 11) is 0. The van der Waals surface area contributed by atoms with Crippen LogP contribution < -0.4 is 5.32 Å². The summed E-state index contributed by atoms with van der Waals surface area (Å²) < 4.78 is 0. The van der Waals surface area contributed by atoms with Crippen LogP contribution in [0.3, 0.4) is 0 Å². The zero-order valence-electron chi connectivity index (χ0n) is 12.9. The molecule has 3 rings (SSSR count). The second-order valence-corrected chi connectivity index (χ2v) is 6.89. The Balaban J connectivity index is 1.75. The predicted molar refractivity (Wildman–Crippen MR) is 83.7 cm³/mol. The van der Waals surface area contributed by atoms with Crippen LogP contribution in [0.25, 0.3) is 0 Å². The van der Waals surface area contributed by atoms with E-state index in [1.165, 1.54) is 37.7 Å². The van der Waals surface area contributed by atoms with Gasteiger partial charge in [0.25, 0.3) is 0 Å². The zero-order chi connectivity index (χ0) is 13.9. The van der Waals surface area contributed by atoms with E-state index in [1.54, 1.807) is 0 Å². The maximum absolute atomic E-state index is 4.16. The second kappa shape index (κ2) is 6.26. The average molecular weight is 272 g/mol. The minimum atomic E-state index is 0.592. The molecule has 110 valence electrons. The van der Waals surface area contributed by atoms with Crippen LogP contribution in [-0.4, -0.2) is 17.6 Å². The van der Waals surface area contributed by atoms with Crippen LogP contribution in [0.4, 0.5) is 0 Å². The van der Waals surface area contributed by atoms with Crippen LogP contribution in [0.5, 0.6) is 0 Å². The molecule has 2 bridgehead atoms. The second-order valence-electron chi connectivity index (χ2n) is 6.89. The lowest BCUT2D eigenvalue weighted by Crippen LogP contribution is -2.42. The van der Waals surface area contributed by atoms with Crippen LogP contribution in [0.15, 0.2) is 24.5 Å². The van der Waals surface area contributed by atoms with E-state index in [2.05, 4.69) is 36.3 Å². The van der Waals surface area contributed by atoms with Gasteiger partial charge >= 0.3 is 0 Å². The Labute approximate surface area is 123 Å². The van der Waals surface area contributed by atoms with E-state index in [4.69, 9.17) is 0 Å². The largest absolute Gasteiger partial charge is 0.313 e. The first-order valence-electron chi connectivity index (χ1n) is 8.43. The van der Waals surface area contributed by atoms with Crippen molar-refractivity contribution in [3.8, 4) is 0 Å². The molecule has 1 N–H and O–H groups in total. The van der Waals surface area contributed by atoms with Gasteiger partial charge in [-0.3, -0.25) is 4.98 Å². The lowest BCUT2D eigenvalue weighted by Gasteiger charge is -2.35. The van der Waals surface area contributed by atoms with Gasteiger partial charge in [0.2, 0.25) is 0 Å². The van der Waals surface area contributed by atoms with Crippen molar-refractivity contribution in [3.63, 3.8) is 0 Å². The minimum Gasteiger partial charge on any atom is -0.313 e. The molecule has 5 atom stereocenters. The van der Waals surface area contributed by atoms with Gasteiger partial charge in [-0.1, -0.05) is 20.3 Å². The number of hydrogen-bond acceptors (Lipinski definition) is 2. The van der Waals surface area contributed by atoms with E-state index < -0.39 is 0 Å². The van der Waals surface area contributed by atoms with Crippen molar-refractivity contribution in [1.29, 1.82) is 0 Å². The Bertz CT molecular complexity index is 417. The Morgan fingerprint density at radius 3 is 2.65 bits per heavy atom. The van der Waals surface area contributed by atoms with E-state index in [0.29, 0.717) is 12.0 Å². The summed E-state index contributed by atoms with van der Waals surface area (Å²) in [6.07, 6.45) is 11.0. The molecule has 2 heteroatoms. The minimum absolute atomic E-state index is 0.592. The van der Waals surface area contributed by atoms with Crippen molar-refractivity contribution >= 4 is 0 Å². The number of nitrogens with one attached hydrogen (secondary N) is 1. The summed E-state index contributed by atoms with van der Waals surface area (Å²) in [5, 5.41) is 3.87. The molecule has 2 aliphatic carbocycles. The summed E-state index contributed by atoms with van der Waals surface area (Å²) in [6.45, 7) is 5.81. The molecule has 2 nitrogen and oxygen atoms in total. The van der Waals surface area contributed by atoms with Gasteiger partial charge in [-0.2, -0.15) is 0 Å². The summed E-state index contributed by atoms with van der Waals surface area (Å²) in [4.78, 5) is 4.16.